The number of aromatic hydroxyl groups is 1. The lowest BCUT2D eigenvalue weighted by Crippen LogP contribution is -2.40. The fourth-order valence-corrected chi connectivity index (χ4v) is 5.29. The molecule has 14 heteroatoms. The highest BCUT2D eigenvalue weighted by atomic mass is 32.1. The molecule has 3 aromatic rings. The van der Waals surface area contributed by atoms with Crippen molar-refractivity contribution in [2.45, 2.75) is 26.8 Å². The standard InChI is InChI=1S/C25H22N4O9S/c1-5-38-24(32)20-13(3)26-25-27(21(20)15-7-6-12(2)16(11-15)28(33)34)23(31)19(39-25)10-14-8-17(29(35)36)22(30)18(9-14)37-4/h6-11,21,30H,5H2,1-4H3/b19-10+/t21-/m0/s1. The first-order chi connectivity index (χ1) is 18.5. The largest absolute Gasteiger partial charge is 0.500 e. The Hall–Kier alpha value is -4.85. The number of carbonyl (C=O) groups excluding carboxylic acids is 1. The van der Waals surface area contributed by atoms with Crippen LogP contribution in [0.3, 0.4) is 0 Å². The van der Waals surface area contributed by atoms with Crippen molar-refractivity contribution in [3.8, 4) is 11.5 Å². The van der Waals surface area contributed by atoms with E-state index in [1.54, 1.807) is 26.8 Å². The predicted octanol–water partition coefficient (Wildman–Crippen LogP) is 2.64. The van der Waals surface area contributed by atoms with Gasteiger partial charge >= 0.3 is 11.7 Å². The first-order valence-electron chi connectivity index (χ1n) is 11.5. The first-order valence-corrected chi connectivity index (χ1v) is 12.3. The quantitative estimate of drug-likeness (QED) is 0.261. The maximum Gasteiger partial charge on any atom is 0.338 e. The normalized spacial score (nSPS) is 15.0. The molecular formula is C25H22N4O9S. The molecule has 1 aliphatic heterocycles. The van der Waals surface area contributed by atoms with Gasteiger partial charge in [-0.2, -0.15) is 0 Å². The lowest BCUT2D eigenvalue weighted by atomic mass is 9.94. The summed E-state index contributed by atoms with van der Waals surface area (Å²) in [6.07, 6.45) is 1.37. The Labute approximate surface area is 223 Å². The van der Waals surface area contributed by atoms with E-state index >= 15 is 0 Å². The van der Waals surface area contributed by atoms with E-state index in [4.69, 9.17) is 9.47 Å². The Morgan fingerprint density at radius 2 is 1.87 bits per heavy atom. The molecule has 2 aromatic carbocycles. The average molecular weight is 555 g/mol. The van der Waals surface area contributed by atoms with Crippen molar-refractivity contribution in [1.82, 2.24) is 4.57 Å². The van der Waals surface area contributed by atoms with E-state index in [0.29, 0.717) is 11.1 Å². The minimum absolute atomic E-state index is 0.0518. The fraction of sp³-hybridized carbons (Fsp3) is 0.240. The van der Waals surface area contributed by atoms with E-state index in [-0.39, 0.29) is 44.2 Å². The number of hydrogen-bond donors (Lipinski definition) is 1. The number of nitro benzene ring substituents is 2. The number of carbonyl (C=O) groups is 1. The summed E-state index contributed by atoms with van der Waals surface area (Å²) < 4.78 is 11.6. The molecule has 0 amide bonds. The maximum absolute atomic E-state index is 13.7. The van der Waals surface area contributed by atoms with Gasteiger partial charge in [0.15, 0.2) is 10.6 Å². The van der Waals surface area contributed by atoms with Crippen LogP contribution >= 0.6 is 11.3 Å². The van der Waals surface area contributed by atoms with E-state index in [0.717, 1.165) is 17.4 Å². The minimum Gasteiger partial charge on any atom is -0.500 e. The topological polar surface area (TPSA) is 176 Å². The highest BCUT2D eigenvalue weighted by molar-refractivity contribution is 7.07. The minimum atomic E-state index is -1.08. The molecule has 0 radical (unpaired) electrons. The van der Waals surface area contributed by atoms with Gasteiger partial charge in [-0.1, -0.05) is 23.5 Å². The smallest absolute Gasteiger partial charge is 0.338 e. The van der Waals surface area contributed by atoms with Crippen molar-refractivity contribution >= 4 is 34.8 Å². The predicted molar refractivity (Wildman–Crippen MR) is 140 cm³/mol. The lowest BCUT2D eigenvalue weighted by Gasteiger charge is -2.24. The summed E-state index contributed by atoms with van der Waals surface area (Å²) in [5.41, 5.74) is -0.153. The molecule has 0 saturated heterocycles. The van der Waals surface area contributed by atoms with Crippen molar-refractivity contribution in [1.29, 1.82) is 0 Å². The molecule has 4 rings (SSSR count). The zero-order valence-corrected chi connectivity index (χ0v) is 22.0. The molecule has 0 fully saturated rings. The third kappa shape index (κ3) is 4.88. The first kappa shape index (κ1) is 27.2. The summed E-state index contributed by atoms with van der Waals surface area (Å²) in [5.74, 6) is -1.54. The van der Waals surface area contributed by atoms with E-state index in [2.05, 4.69) is 4.99 Å². The van der Waals surface area contributed by atoms with Gasteiger partial charge in [-0.3, -0.25) is 29.6 Å². The van der Waals surface area contributed by atoms with Gasteiger partial charge in [0, 0.05) is 17.7 Å². The van der Waals surface area contributed by atoms with Crippen LogP contribution in [0.2, 0.25) is 0 Å². The summed E-state index contributed by atoms with van der Waals surface area (Å²) >= 11 is 0.967. The van der Waals surface area contributed by atoms with Crippen LogP contribution < -0.4 is 19.6 Å². The summed E-state index contributed by atoms with van der Waals surface area (Å²) in [6.45, 7) is 4.83. The third-order valence-electron chi connectivity index (χ3n) is 6.05. The number of thiazole rings is 1. The van der Waals surface area contributed by atoms with Crippen LogP contribution in [-0.2, 0) is 9.53 Å². The Balaban J connectivity index is 2.00. The number of esters is 1. The van der Waals surface area contributed by atoms with Crippen molar-refractivity contribution in [2.75, 3.05) is 13.7 Å². The number of phenolic OH excluding ortho intramolecular Hbond substituents is 1. The second-order valence-corrected chi connectivity index (χ2v) is 9.46. The highest BCUT2D eigenvalue weighted by Gasteiger charge is 2.34. The summed E-state index contributed by atoms with van der Waals surface area (Å²) in [5, 5.41) is 33.1. The van der Waals surface area contributed by atoms with Crippen LogP contribution in [0.1, 0.15) is 36.6 Å². The van der Waals surface area contributed by atoms with Gasteiger partial charge in [-0.15, -0.1) is 0 Å². The number of phenols is 1. The van der Waals surface area contributed by atoms with Gasteiger partial charge in [-0.05, 0) is 44.0 Å². The van der Waals surface area contributed by atoms with E-state index in [9.17, 15) is 34.9 Å². The van der Waals surface area contributed by atoms with Crippen molar-refractivity contribution in [3.05, 3.63) is 98.2 Å². The number of methoxy groups -OCH3 is 1. The lowest BCUT2D eigenvalue weighted by molar-refractivity contribution is -0.386. The molecule has 202 valence electrons. The van der Waals surface area contributed by atoms with Gasteiger partial charge in [0.1, 0.15) is 0 Å². The van der Waals surface area contributed by atoms with E-state index < -0.39 is 38.9 Å². The molecule has 0 unspecified atom stereocenters. The molecule has 0 aliphatic carbocycles. The molecule has 0 saturated carbocycles. The molecule has 1 N–H and O–H groups in total. The number of aryl methyl sites for hydroxylation is 1. The summed E-state index contributed by atoms with van der Waals surface area (Å²) in [6, 6.07) is 5.77. The molecule has 1 atom stereocenters. The van der Waals surface area contributed by atoms with Gasteiger partial charge in [0.05, 0.1) is 45.4 Å². The zero-order valence-electron chi connectivity index (χ0n) is 21.2. The number of hydrogen-bond acceptors (Lipinski definition) is 11. The number of nitrogens with zero attached hydrogens (tertiary/aromatic N) is 4. The van der Waals surface area contributed by atoms with E-state index in [1.807, 2.05) is 0 Å². The number of rotatable bonds is 7. The second-order valence-electron chi connectivity index (χ2n) is 8.45. The van der Waals surface area contributed by atoms with Crippen LogP contribution in [0.25, 0.3) is 6.08 Å². The van der Waals surface area contributed by atoms with E-state index in [1.165, 1.54) is 36.0 Å². The Kier molecular flexibility index (Phi) is 7.31. The summed E-state index contributed by atoms with van der Waals surface area (Å²) in [7, 11) is 1.23. The van der Waals surface area contributed by atoms with Crippen LogP contribution in [-0.4, -0.2) is 39.2 Å². The molecule has 13 nitrogen and oxygen atoms in total. The number of nitro groups is 2. The van der Waals surface area contributed by atoms with Crippen molar-refractivity contribution < 1.29 is 29.2 Å². The van der Waals surface area contributed by atoms with Crippen molar-refractivity contribution in [3.63, 3.8) is 0 Å². The number of fused-ring (bicyclic) bond motifs is 1. The van der Waals surface area contributed by atoms with Gasteiger partial charge in [0.25, 0.3) is 11.2 Å². The van der Waals surface area contributed by atoms with Crippen LogP contribution in [0.15, 0.2) is 51.4 Å². The molecule has 0 bridgehead atoms. The molecular weight excluding hydrogens is 532 g/mol. The Morgan fingerprint density at radius 1 is 1.18 bits per heavy atom. The van der Waals surface area contributed by atoms with Crippen LogP contribution in [0.4, 0.5) is 11.4 Å². The number of ether oxygens (including phenoxy) is 2. The number of aromatic nitrogens is 1. The SMILES string of the molecule is CCOC(=O)C1=C(C)N=c2s/c(=C/c3cc(OC)c(O)c([N+](=O)[O-])c3)c(=O)n2[C@H]1c1ccc(C)c([N+](=O)[O-])c1. The van der Waals surface area contributed by atoms with Crippen molar-refractivity contribution in [2.24, 2.45) is 4.99 Å². The second kappa shape index (κ2) is 10.5. The Bertz CT molecular complexity index is 1750. The molecule has 2 heterocycles. The van der Waals surface area contributed by atoms with Gasteiger partial charge in [0.2, 0.25) is 5.75 Å². The number of benzene rings is 2. The Morgan fingerprint density at radius 3 is 2.49 bits per heavy atom. The monoisotopic (exact) mass is 554 g/mol. The fourth-order valence-electron chi connectivity index (χ4n) is 4.24. The summed E-state index contributed by atoms with van der Waals surface area (Å²) in [4.78, 5) is 53.1. The van der Waals surface area contributed by atoms with Crippen LogP contribution in [0.5, 0.6) is 11.5 Å². The third-order valence-corrected chi connectivity index (χ3v) is 7.04. The van der Waals surface area contributed by atoms with Crippen LogP contribution in [0, 0.1) is 27.2 Å². The molecule has 1 aromatic heterocycles. The average Bonchev–Trinajstić information content (AvgIpc) is 3.18. The number of allylic oxidation sites excluding steroid dienone is 1. The molecule has 1 aliphatic rings. The zero-order chi connectivity index (χ0) is 28.6. The van der Waals surface area contributed by atoms with Gasteiger partial charge in [-0.25, -0.2) is 9.79 Å². The highest BCUT2D eigenvalue weighted by Crippen LogP contribution is 2.37. The van der Waals surface area contributed by atoms with Gasteiger partial charge < -0.3 is 14.6 Å². The molecule has 0 spiro atoms. The maximum atomic E-state index is 13.7. The molecule has 39 heavy (non-hydrogen) atoms.